The number of methoxy groups -OCH3 is 1. The minimum atomic E-state index is -0.407. The van der Waals surface area contributed by atoms with Crippen LogP contribution in [0, 0.1) is 6.92 Å². The van der Waals surface area contributed by atoms with E-state index in [-0.39, 0.29) is 11.6 Å². The van der Waals surface area contributed by atoms with E-state index in [9.17, 15) is 9.59 Å². The Hall–Kier alpha value is -3.68. The summed E-state index contributed by atoms with van der Waals surface area (Å²) in [4.78, 5) is 28.6. The minimum absolute atomic E-state index is 0.146. The topological polar surface area (TPSA) is 106 Å². The molecule has 0 aliphatic heterocycles. The zero-order chi connectivity index (χ0) is 19.2. The minimum Gasteiger partial charge on any atom is -0.497 e. The van der Waals surface area contributed by atoms with Crippen molar-refractivity contribution in [1.82, 2.24) is 15.5 Å². The van der Waals surface area contributed by atoms with Crippen LogP contribution in [0.4, 0.5) is 5.82 Å². The molecule has 2 aromatic heterocycles. The largest absolute Gasteiger partial charge is 0.497 e. The van der Waals surface area contributed by atoms with Crippen LogP contribution >= 0.6 is 0 Å². The molecule has 0 atom stereocenters. The lowest BCUT2D eigenvalue weighted by molar-refractivity contribution is 0.0946. The van der Waals surface area contributed by atoms with Gasteiger partial charge in [0.1, 0.15) is 17.2 Å². The third kappa shape index (κ3) is 4.69. The summed E-state index contributed by atoms with van der Waals surface area (Å²) in [6, 6.07) is 11.9. The number of carbonyl (C=O) groups is 2. The molecular formula is C19H18N4O4. The number of pyridine rings is 1. The maximum absolute atomic E-state index is 12.3. The summed E-state index contributed by atoms with van der Waals surface area (Å²) in [5.41, 5.74) is 1.35. The molecule has 3 rings (SSSR count). The van der Waals surface area contributed by atoms with Crippen molar-refractivity contribution in [2.75, 3.05) is 12.4 Å². The van der Waals surface area contributed by atoms with Gasteiger partial charge in [0.15, 0.2) is 5.82 Å². The molecule has 1 aromatic carbocycles. The van der Waals surface area contributed by atoms with E-state index in [1.54, 1.807) is 20.1 Å². The number of ether oxygens (including phenoxy) is 1. The molecule has 0 saturated carbocycles. The first-order chi connectivity index (χ1) is 13.0. The van der Waals surface area contributed by atoms with Crippen LogP contribution in [-0.2, 0) is 6.54 Å². The van der Waals surface area contributed by atoms with Gasteiger partial charge in [-0.3, -0.25) is 14.6 Å². The van der Waals surface area contributed by atoms with Gasteiger partial charge < -0.3 is 19.9 Å². The number of hydrogen-bond acceptors (Lipinski definition) is 6. The van der Waals surface area contributed by atoms with Crippen LogP contribution in [0.1, 0.15) is 32.2 Å². The summed E-state index contributed by atoms with van der Waals surface area (Å²) in [6.07, 6.45) is 1.41. The van der Waals surface area contributed by atoms with Gasteiger partial charge in [0.25, 0.3) is 11.8 Å². The molecular weight excluding hydrogens is 348 g/mol. The van der Waals surface area contributed by atoms with E-state index in [1.807, 2.05) is 24.3 Å². The molecule has 3 aromatic rings. The van der Waals surface area contributed by atoms with E-state index in [2.05, 4.69) is 20.8 Å². The van der Waals surface area contributed by atoms with Crippen molar-refractivity contribution in [3.05, 3.63) is 71.2 Å². The Bertz CT molecular complexity index is 950. The van der Waals surface area contributed by atoms with Crippen LogP contribution in [0.3, 0.4) is 0 Å². The van der Waals surface area contributed by atoms with Gasteiger partial charge in [-0.2, -0.15) is 0 Å². The smallest absolute Gasteiger partial charge is 0.270 e. The van der Waals surface area contributed by atoms with Crippen LogP contribution in [0.15, 0.2) is 53.2 Å². The standard InChI is InChI=1S/C19H18N4O4/c1-12-9-17(23-27-12)22-18(24)14-7-8-20-16(10-14)19(25)21-11-13-3-5-15(26-2)6-4-13/h3-10H,11H2,1-2H3,(H,21,25)(H,22,23,24). The van der Waals surface area contributed by atoms with Gasteiger partial charge in [-0.05, 0) is 36.8 Å². The predicted octanol–water partition coefficient (Wildman–Crippen LogP) is 2.57. The molecule has 0 aliphatic carbocycles. The van der Waals surface area contributed by atoms with Crippen LogP contribution in [0.25, 0.3) is 0 Å². The van der Waals surface area contributed by atoms with Gasteiger partial charge in [-0.1, -0.05) is 17.3 Å². The second-order valence-electron chi connectivity index (χ2n) is 5.74. The molecule has 0 saturated heterocycles. The highest BCUT2D eigenvalue weighted by molar-refractivity contribution is 6.05. The molecule has 0 radical (unpaired) electrons. The van der Waals surface area contributed by atoms with Crippen molar-refractivity contribution >= 4 is 17.6 Å². The number of carbonyl (C=O) groups excluding carboxylic acids is 2. The Morgan fingerprint density at radius 2 is 1.89 bits per heavy atom. The first-order valence-corrected chi connectivity index (χ1v) is 8.17. The Balaban J connectivity index is 1.63. The summed E-state index contributed by atoms with van der Waals surface area (Å²) < 4.78 is 10.0. The molecule has 0 unspecified atom stereocenters. The van der Waals surface area contributed by atoms with Crippen LogP contribution in [0.2, 0.25) is 0 Å². The van der Waals surface area contributed by atoms with E-state index >= 15 is 0 Å². The van der Waals surface area contributed by atoms with Crippen molar-refractivity contribution in [3.63, 3.8) is 0 Å². The Morgan fingerprint density at radius 1 is 1.11 bits per heavy atom. The number of hydrogen-bond donors (Lipinski definition) is 2. The summed E-state index contributed by atoms with van der Waals surface area (Å²) in [6.45, 7) is 2.06. The number of aromatic nitrogens is 2. The van der Waals surface area contributed by atoms with Crippen molar-refractivity contribution in [2.24, 2.45) is 0 Å². The molecule has 0 spiro atoms. The molecule has 0 aliphatic rings. The number of nitrogens with zero attached hydrogens (tertiary/aromatic N) is 2. The second-order valence-corrected chi connectivity index (χ2v) is 5.74. The number of benzene rings is 1. The van der Waals surface area contributed by atoms with Crippen molar-refractivity contribution in [1.29, 1.82) is 0 Å². The van der Waals surface area contributed by atoms with Crippen LogP contribution in [0.5, 0.6) is 5.75 Å². The Labute approximate surface area is 155 Å². The van der Waals surface area contributed by atoms with Gasteiger partial charge >= 0.3 is 0 Å². The highest BCUT2D eigenvalue weighted by Gasteiger charge is 2.13. The summed E-state index contributed by atoms with van der Waals surface area (Å²) in [5, 5.41) is 9.07. The average molecular weight is 366 g/mol. The molecule has 27 heavy (non-hydrogen) atoms. The Kier molecular flexibility index (Phi) is 5.46. The molecule has 2 amide bonds. The highest BCUT2D eigenvalue weighted by Crippen LogP contribution is 2.12. The molecule has 2 heterocycles. The number of rotatable bonds is 6. The van der Waals surface area contributed by atoms with Gasteiger partial charge in [0, 0.05) is 24.4 Å². The van der Waals surface area contributed by atoms with E-state index in [0.29, 0.717) is 23.7 Å². The fourth-order valence-corrected chi connectivity index (χ4v) is 2.33. The zero-order valence-corrected chi connectivity index (χ0v) is 14.9. The third-order valence-electron chi connectivity index (χ3n) is 3.74. The van der Waals surface area contributed by atoms with Crippen LogP contribution < -0.4 is 15.4 Å². The molecule has 2 N–H and O–H groups in total. The number of aryl methyl sites for hydroxylation is 1. The average Bonchev–Trinajstić information content (AvgIpc) is 3.11. The van der Waals surface area contributed by atoms with Gasteiger partial charge in [-0.15, -0.1) is 0 Å². The molecule has 0 bridgehead atoms. The highest BCUT2D eigenvalue weighted by atomic mass is 16.5. The lowest BCUT2D eigenvalue weighted by Gasteiger charge is -2.07. The number of amides is 2. The first-order valence-electron chi connectivity index (χ1n) is 8.17. The fourth-order valence-electron chi connectivity index (χ4n) is 2.33. The summed E-state index contributed by atoms with van der Waals surface area (Å²) in [5.74, 6) is 0.846. The lowest BCUT2D eigenvalue weighted by atomic mass is 10.2. The molecule has 138 valence electrons. The van der Waals surface area contributed by atoms with E-state index in [4.69, 9.17) is 9.26 Å². The summed E-state index contributed by atoms with van der Waals surface area (Å²) in [7, 11) is 1.59. The summed E-state index contributed by atoms with van der Waals surface area (Å²) >= 11 is 0. The van der Waals surface area contributed by atoms with Gasteiger partial charge in [0.2, 0.25) is 0 Å². The van der Waals surface area contributed by atoms with Gasteiger partial charge in [0.05, 0.1) is 7.11 Å². The normalized spacial score (nSPS) is 10.3. The predicted molar refractivity (Wildman–Crippen MR) is 97.6 cm³/mol. The van der Waals surface area contributed by atoms with Crippen molar-refractivity contribution < 1.29 is 18.8 Å². The maximum atomic E-state index is 12.3. The van der Waals surface area contributed by atoms with E-state index in [1.165, 1.54) is 18.3 Å². The monoisotopic (exact) mass is 366 g/mol. The van der Waals surface area contributed by atoms with Crippen molar-refractivity contribution in [2.45, 2.75) is 13.5 Å². The number of anilines is 1. The molecule has 0 fully saturated rings. The quantitative estimate of drug-likeness (QED) is 0.694. The van der Waals surface area contributed by atoms with E-state index in [0.717, 1.165) is 11.3 Å². The van der Waals surface area contributed by atoms with E-state index < -0.39 is 5.91 Å². The fraction of sp³-hybridized carbons (Fsp3) is 0.158. The maximum Gasteiger partial charge on any atom is 0.270 e. The Morgan fingerprint density at radius 3 is 2.56 bits per heavy atom. The zero-order valence-electron chi connectivity index (χ0n) is 14.9. The second kappa shape index (κ2) is 8.13. The number of nitrogens with one attached hydrogen (secondary N) is 2. The third-order valence-corrected chi connectivity index (χ3v) is 3.74. The van der Waals surface area contributed by atoms with Gasteiger partial charge in [-0.25, -0.2) is 0 Å². The lowest BCUT2D eigenvalue weighted by Crippen LogP contribution is -2.24. The SMILES string of the molecule is COc1ccc(CNC(=O)c2cc(C(=O)Nc3cc(C)on3)ccn2)cc1. The van der Waals surface area contributed by atoms with Crippen LogP contribution in [-0.4, -0.2) is 29.1 Å². The van der Waals surface area contributed by atoms with Crippen molar-refractivity contribution in [3.8, 4) is 5.75 Å². The first kappa shape index (κ1) is 18.1. The molecule has 8 heteroatoms. The molecule has 8 nitrogen and oxygen atoms in total.